The van der Waals surface area contributed by atoms with Gasteiger partial charge in [0.05, 0.1) is 0 Å². The van der Waals surface area contributed by atoms with E-state index in [1.54, 1.807) is 18.3 Å². The molecule has 2 N–H and O–H groups in total. The van der Waals surface area contributed by atoms with E-state index >= 15 is 0 Å². The van der Waals surface area contributed by atoms with Crippen molar-refractivity contribution in [1.29, 1.82) is 0 Å². The molecule has 0 aliphatic carbocycles. The number of carboxylic acids is 1. The summed E-state index contributed by atoms with van der Waals surface area (Å²) in [6.45, 7) is 6.26. The molecule has 84 valence electrons. The molecule has 1 atom stereocenters. The molecule has 4 heteroatoms. The molecule has 3 nitrogen and oxygen atoms in total. The summed E-state index contributed by atoms with van der Waals surface area (Å²) in [5, 5.41) is 12.1. The molecule has 0 aliphatic heterocycles. The molecule has 1 aromatic rings. The van der Waals surface area contributed by atoms with E-state index in [-0.39, 0.29) is 0 Å². The van der Waals surface area contributed by atoms with Crippen molar-refractivity contribution in [3.05, 3.63) is 21.9 Å². The van der Waals surface area contributed by atoms with Gasteiger partial charge in [-0.25, -0.2) is 0 Å². The zero-order valence-electron chi connectivity index (χ0n) is 9.33. The van der Waals surface area contributed by atoms with Gasteiger partial charge in [0.25, 0.3) is 0 Å². The van der Waals surface area contributed by atoms with Crippen LogP contribution in [0.5, 0.6) is 0 Å². The van der Waals surface area contributed by atoms with Gasteiger partial charge in [0, 0.05) is 16.3 Å². The third kappa shape index (κ3) is 3.04. The maximum absolute atomic E-state index is 11.0. The van der Waals surface area contributed by atoms with Crippen LogP contribution in [0, 0.1) is 6.92 Å². The molecule has 0 saturated heterocycles. The van der Waals surface area contributed by atoms with E-state index in [9.17, 15) is 4.79 Å². The predicted octanol–water partition coefficient (Wildman–Crippen LogP) is 2.40. The molecule has 0 spiro atoms. The summed E-state index contributed by atoms with van der Waals surface area (Å²) in [6, 6.07) is 4.08. The third-order valence-corrected chi connectivity index (χ3v) is 3.63. The minimum absolute atomic E-state index is 0.576. The summed E-state index contributed by atoms with van der Waals surface area (Å²) in [4.78, 5) is 13.4. The van der Waals surface area contributed by atoms with Gasteiger partial charge in [-0.2, -0.15) is 0 Å². The topological polar surface area (TPSA) is 49.3 Å². The van der Waals surface area contributed by atoms with Gasteiger partial charge in [0.1, 0.15) is 5.54 Å². The maximum atomic E-state index is 11.0. The van der Waals surface area contributed by atoms with Crippen LogP contribution in [-0.2, 0) is 11.3 Å². The van der Waals surface area contributed by atoms with Crippen molar-refractivity contribution in [2.24, 2.45) is 0 Å². The van der Waals surface area contributed by atoms with Gasteiger partial charge in [0.2, 0.25) is 0 Å². The molecule has 1 aromatic heterocycles. The van der Waals surface area contributed by atoms with E-state index in [0.29, 0.717) is 13.0 Å². The van der Waals surface area contributed by atoms with E-state index in [1.807, 2.05) is 26.0 Å². The molecular formula is C11H17NO2S. The van der Waals surface area contributed by atoms with E-state index in [1.165, 1.54) is 9.75 Å². The van der Waals surface area contributed by atoms with Crippen LogP contribution >= 0.6 is 11.3 Å². The first-order valence-corrected chi connectivity index (χ1v) is 5.83. The van der Waals surface area contributed by atoms with Crippen molar-refractivity contribution in [3.8, 4) is 0 Å². The van der Waals surface area contributed by atoms with E-state index in [2.05, 4.69) is 5.32 Å². The third-order valence-electron chi connectivity index (χ3n) is 2.63. The summed E-state index contributed by atoms with van der Waals surface area (Å²) in [6.07, 6.45) is 0.576. The lowest BCUT2D eigenvalue weighted by atomic mass is 9.99. The lowest BCUT2D eigenvalue weighted by Crippen LogP contribution is -2.48. The largest absolute Gasteiger partial charge is 0.480 e. The number of thiophene rings is 1. The van der Waals surface area contributed by atoms with E-state index < -0.39 is 11.5 Å². The molecule has 15 heavy (non-hydrogen) atoms. The Balaban J connectivity index is 2.59. The molecule has 0 fully saturated rings. The van der Waals surface area contributed by atoms with Gasteiger partial charge < -0.3 is 5.11 Å². The number of hydrogen-bond donors (Lipinski definition) is 2. The second kappa shape index (κ2) is 4.77. The second-order valence-corrected chi connectivity index (χ2v) is 5.23. The van der Waals surface area contributed by atoms with Crippen LogP contribution < -0.4 is 5.32 Å². The standard InChI is InChI=1S/C11H17NO2S/c1-4-11(3,10(13)14)12-7-9-6-5-8(2)15-9/h5-6,12H,4,7H2,1-3H3,(H,13,14). The lowest BCUT2D eigenvalue weighted by Gasteiger charge is -2.24. The minimum atomic E-state index is -0.822. The van der Waals surface area contributed by atoms with Crippen LogP contribution in [0.15, 0.2) is 12.1 Å². The number of rotatable bonds is 5. The zero-order chi connectivity index (χ0) is 11.5. The zero-order valence-corrected chi connectivity index (χ0v) is 10.1. The van der Waals surface area contributed by atoms with Crippen molar-refractivity contribution >= 4 is 17.3 Å². The van der Waals surface area contributed by atoms with Crippen LogP contribution in [0.25, 0.3) is 0 Å². The van der Waals surface area contributed by atoms with Crippen molar-refractivity contribution in [2.75, 3.05) is 0 Å². The first kappa shape index (κ1) is 12.2. The molecular weight excluding hydrogens is 210 g/mol. The summed E-state index contributed by atoms with van der Waals surface area (Å²) < 4.78 is 0. The summed E-state index contributed by atoms with van der Waals surface area (Å²) in [5.41, 5.74) is -0.822. The van der Waals surface area contributed by atoms with Crippen LogP contribution in [0.4, 0.5) is 0 Å². The van der Waals surface area contributed by atoms with Crippen LogP contribution in [0.2, 0.25) is 0 Å². The summed E-state index contributed by atoms with van der Waals surface area (Å²) in [7, 11) is 0. The lowest BCUT2D eigenvalue weighted by molar-refractivity contribution is -0.144. The summed E-state index contributed by atoms with van der Waals surface area (Å²) >= 11 is 1.70. The molecule has 0 bridgehead atoms. The Kier molecular flexibility index (Phi) is 3.88. The number of carboxylic acid groups (broad SMARTS) is 1. The normalized spacial score (nSPS) is 14.9. The van der Waals surface area contributed by atoms with Gasteiger partial charge >= 0.3 is 5.97 Å². The molecule has 0 amide bonds. The average Bonchev–Trinajstić information content (AvgIpc) is 2.60. The molecule has 0 radical (unpaired) electrons. The fourth-order valence-corrected chi connectivity index (χ4v) is 2.04. The molecule has 1 rings (SSSR count). The van der Waals surface area contributed by atoms with E-state index in [4.69, 9.17) is 5.11 Å². The fourth-order valence-electron chi connectivity index (χ4n) is 1.21. The van der Waals surface area contributed by atoms with Gasteiger partial charge in [-0.3, -0.25) is 10.1 Å². The van der Waals surface area contributed by atoms with Crippen molar-refractivity contribution in [2.45, 2.75) is 39.3 Å². The number of nitrogens with one attached hydrogen (secondary N) is 1. The Hall–Kier alpha value is -0.870. The quantitative estimate of drug-likeness (QED) is 0.812. The molecule has 0 aromatic carbocycles. The Bertz CT molecular complexity index is 348. The monoisotopic (exact) mass is 227 g/mol. The Labute approximate surface area is 94.1 Å². The second-order valence-electron chi connectivity index (χ2n) is 3.86. The van der Waals surface area contributed by atoms with Gasteiger partial charge in [-0.15, -0.1) is 11.3 Å². The number of aliphatic carboxylic acids is 1. The van der Waals surface area contributed by atoms with Gasteiger partial charge in [0.15, 0.2) is 0 Å². The first-order chi connectivity index (χ1) is 6.98. The highest BCUT2D eigenvalue weighted by Gasteiger charge is 2.30. The fraction of sp³-hybridized carbons (Fsp3) is 0.545. The minimum Gasteiger partial charge on any atom is -0.480 e. The van der Waals surface area contributed by atoms with Crippen molar-refractivity contribution < 1.29 is 9.90 Å². The first-order valence-electron chi connectivity index (χ1n) is 5.01. The number of aryl methyl sites for hydroxylation is 1. The van der Waals surface area contributed by atoms with Crippen LogP contribution in [0.1, 0.15) is 30.0 Å². The highest BCUT2D eigenvalue weighted by atomic mass is 32.1. The maximum Gasteiger partial charge on any atom is 0.323 e. The SMILES string of the molecule is CCC(C)(NCc1ccc(C)s1)C(=O)O. The molecule has 0 saturated carbocycles. The van der Waals surface area contributed by atoms with Crippen LogP contribution in [0.3, 0.4) is 0 Å². The Morgan fingerprint density at radius 1 is 1.60 bits per heavy atom. The molecule has 1 unspecified atom stereocenters. The van der Waals surface area contributed by atoms with Crippen LogP contribution in [-0.4, -0.2) is 16.6 Å². The summed E-state index contributed by atoms with van der Waals surface area (Å²) in [5.74, 6) is -0.793. The predicted molar refractivity (Wildman–Crippen MR) is 62.2 cm³/mol. The Morgan fingerprint density at radius 3 is 2.67 bits per heavy atom. The highest BCUT2D eigenvalue weighted by molar-refractivity contribution is 7.11. The average molecular weight is 227 g/mol. The van der Waals surface area contributed by atoms with Crippen molar-refractivity contribution in [1.82, 2.24) is 5.32 Å². The van der Waals surface area contributed by atoms with Crippen molar-refractivity contribution in [3.63, 3.8) is 0 Å². The van der Waals surface area contributed by atoms with Gasteiger partial charge in [-0.05, 0) is 32.4 Å². The smallest absolute Gasteiger partial charge is 0.323 e. The molecule has 0 aliphatic rings. The van der Waals surface area contributed by atoms with E-state index in [0.717, 1.165) is 0 Å². The highest BCUT2D eigenvalue weighted by Crippen LogP contribution is 2.17. The van der Waals surface area contributed by atoms with Gasteiger partial charge in [-0.1, -0.05) is 6.92 Å². The Morgan fingerprint density at radius 2 is 2.27 bits per heavy atom. The number of carbonyl (C=O) groups is 1. The molecule has 1 heterocycles. The number of hydrogen-bond acceptors (Lipinski definition) is 3.